The van der Waals surface area contributed by atoms with Gasteiger partial charge in [0.1, 0.15) is 5.75 Å². The van der Waals surface area contributed by atoms with Gasteiger partial charge in [0, 0.05) is 17.6 Å². The van der Waals surface area contributed by atoms with Gasteiger partial charge in [-0.1, -0.05) is 6.07 Å². The Labute approximate surface area is 91.4 Å². The number of hydrogen-bond donors (Lipinski definition) is 2. The third-order valence-electron chi connectivity index (χ3n) is 2.61. The molecule has 4 N–H and O–H groups in total. The van der Waals surface area contributed by atoms with Crippen LogP contribution in [0.2, 0.25) is 0 Å². The molecule has 0 spiro atoms. The van der Waals surface area contributed by atoms with E-state index in [0.717, 1.165) is 16.9 Å². The predicted molar refractivity (Wildman–Crippen MR) is 63.0 cm³/mol. The number of ether oxygens (including phenoxy) is 1. The molecule has 0 aromatic heterocycles. The van der Waals surface area contributed by atoms with Crippen LogP contribution in [-0.4, -0.2) is 13.2 Å². The van der Waals surface area contributed by atoms with Crippen molar-refractivity contribution in [2.45, 2.75) is 32.9 Å². The molecule has 0 saturated carbocycles. The lowest BCUT2D eigenvalue weighted by atomic mass is 9.95. The Balaban J connectivity index is 3.26. The minimum atomic E-state index is -0.180. The first-order valence-corrected chi connectivity index (χ1v) is 5.13. The van der Waals surface area contributed by atoms with Crippen molar-refractivity contribution in [1.82, 2.24) is 0 Å². The molecule has 1 aromatic carbocycles. The van der Waals surface area contributed by atoms with E-state index in [4.69, 9.17) is 16.2 Å². The van der Waals surface area contributed by atoms with Crippen LogP contribution in [0.1, 0.15) is 29.7 Å². The first-order valence-electron chi connectivity index (χ1n) is 5.13. The molecule has 2 unspecified atom stereocenters. The molecule has 84 valence electrons. The van der Waals surface area contributed by atoms with E-state index in [9.17, 15) is 0 Å². The molecule has 1 aromatic rings. The highest BCUT2D eigenvalue weighted by Crippen LogP contribution is 2.29. The predicted octanol–water partition coefficient (Wildman–Crippen LogP) is 1.66. The van der Waals surface area contributed by atoms with Crippen LogP contribution in [0.15, 0.2) is 12.1 Å². The molecule has 15 heavy (non-hydrogen) atoms. The van der Waals surface area contributed by atoms with E-state index in [2.05, 4.69) is 6.07 Å². The SMILES string of the molecule is COc1cc(C)cc(C)c1C(N)C(C)N. The summed E-state index contributed by atoms with van der Waals surface area (Å²) in [4.78, 5) is 0. The van der Waals surface area contributed by atoms with E-state index in [-0.39, 0.29) is 12.1 Å². The highest BCUT2D eigenvalue weighted by Gasteiger charge is 2.18. The lowest BCUT2D eigenvalue weighted by Crippen LogP contribution is -2.32. The summed E-state index contributed by atoms with van der Waals surface area (Å²) in [7, 11) is 1.66. The number of hydrogen-bond acceptors (Lipinski definition) is 3. The number of nitrogens with two attached hydrogens (primary N) is 2. The minimum absolute atomic E-state index is 0.0830. The molecule has 0 heterocycles. The standard InChI is InChI=1S/C12H20N2O/c1-7-5-8(2)11(10(6-7)15-4)12(14)9(3)13/h5-6,9,12H,13-14H2,1-4H3. The van der Waals surface area contributed by atoms with Crippen molar-refractivity contribution in [1.29, 1.82) is 0 Å². The van der Waals surface area contributed by atoms with E-state index < -0.39 is 0 Å². The maximum atomic E-state index is 6.06. The zero-order chi connectivity index (χ0) is 11.6. The summed E-state index contributed by atoms with van der Waals surface area (Å²) < 4.78 is 5.34. The van der Waals surface area contributed by atoms with E-state index in [1.807, 2.05) is 26.8 Å². The van der Waals surface area contributed by atoms with Crippen molar-refractivity contribution in [3.05, 3.63) is 28.8 Å². The molecule has 2 atom stereocenters. The van der Waals surface area contributed by atoms with Crippen molar-refractivity contribution >= 4 is 0 Å². The van der Waals surface area contributed by atoms with Crippen molar-refractivity contribution in [3.8, 4) is 5.75 Å². The minimum Gasteiger partial charge on any atom is -0.496 e. The van der Waals surface area contributed by atoms with Gasteiger partial charge in [-0.15, -0.1) is 0 Å². The third-order valence-corrected chi connectivity index (χ3v) is 2.61. The highest BCUT2D eigenvalue weighted by atomic mass is 16.5. The monoisotopic (exact) mass is 208 g/mol. The summed E-state index contributed by atoms with van der Waals surface area (Å²) in [6.45, 7) is 5.98. The zero-order valence-corrected chi connectivity index (χ0v) is 9.87. The van der Waals surface area contributed by atoms with Gasteiger partial charge in [-0.05, 0) is 38.0 Å². The molecule has 0 saturated heterocycles. The third kappa shape index (κ3) is 2.49. The molecular weight excluding hydrogens is 188 g/mol. The normalized spacial score (nSPS) is 14.8. The Hall–Kier alpha value is -1.06. The van der Waals surface area contributed by atoms with Gasteiger partial charge in [-0.25, -0.2) is 0 Å². The quantitative estimate of drug-likeness (QED) is 0.794. The Morgan fingerprint density at radius 1 is 1.20 bits per heavy atom. The number of rotatable bonds is 3. The van der Waals surface area contributed by atoms with Gasteiger partial charge in [0.05, 0.1) is 7.11 Å². The molecule has 0 aliphatic heterocycles. The Kier molecular flexibility index (Phi) is 3.72. The van der Waals surface area contributed by atoms with Gasteiger partial charge in [0.15, 0.2) is 0 Å². The van der Waals surface area contributed by atoms with Crippen LogP contribution in [-0.2, 0) is 0 Å². The van der Waals surface area contributed by atoms with E-state index in [0.29, 0.717) is 0 Å². The van der Waals surface area contributed by atoms with Crippen molar-refractivity contribution < 1.29 is 4.74 Å². The second-order valence-electron chi connectivity index (χ2n) is 4.08. The maximum absolute atomic E-state index is 6.06. The smallest absolute Gasteiger partial charge is 0.124 e. The van der Waals surface area contributed by atoms with Gasteiger partial charge < -0.3 is 16.2 Å². The first-order chi connectivity index (χ1) is 6.97. The van der Waals surface area contributed by atoms with Gasteiger partial charge in [-0.3, -0.25) is 0 Å². The van der Waals surface area contributed by atoms with Crippen LogP contribution in [0.25, 0.3) is 0 Å². The summed E-state index contributed by atoms with van der Waals surface area (Å²) >= 11 is 0. The van der Waals surface area contributed by atoms with Crippen LogP contribution < -0.4 is 16.2 Å². The molecule has 0 fully saturated rings. The molecule has 3 heteroatoms. The van der Waals surface area contributed by atoms with Crippen LogP contribution >= 0.6 is 0 Å². The average Bonchev–Trinajstić information content (AvgIpc) is 2.15. The Morgan fingerprint density at radius 2 is 1.80 bits per heavy atom. The van der Waals surface area contributed by atoms with Crippen LogP contribution in [0.5, 0.6) is 5.75 Å². The molecule has 0 amide bonds. The van der Waals surface area contributed by atoms with Crippen molar-refractivity contribution in [3.63, 3.8) is 0 Å². The van der Waals surface area contributed by atoms with Crippen LogP contribution in [0, 0.1) is 13.8 Å². The molecule has 3 nitrogen and oxygen atoms in total. The number of benzene rings is 1. The largest absolute Gasteiger partial charge is 0.496 e. The van der Waals surface area contributed by atoms with Crippen molar-refractivity contribution in [2.75, 3.05) is 7.11 Å². The zero-order valence-electron chi connectivity index (χ0n) is 9.87. The summed E-state index contributed by atoms with van der Waals surface area (Å²) in [6, 6.07) is 3.82. The fourth-order valence-electron chi connectivity index (χ4n) is 1.80. The molecule has 0 bridgehead atoms. The highest BCUT2D eigenvalue weighted by molar-refractivity contribution is 5.45. The molecule has 1 rings (SSSR count). The Bertz CT molecular complexity index is 348. The van der Waals surface area contributed by atoms with Gasteiger partial charge in [0.25, 0.3) is 0 Å². The fourth-order valence-corrected chi connectivity index (χ4v) is 1.80. The fraction of sp³-hybridized carbons (Fsp3) is 0.500. The second-order valence-corrected chi connectivity index (χ2v) is 4.08. The van der Waals surface area contributed by atoms with E-state index in [1.54, 1.807) is 7.11 Å². The average molecular weight is 208 g/mol. The molecule has 0 radical (unpaired) electrons. The summed E-state index contributed by atoms with van der Waals surface area (Å²) in [6.07, 6.45) is 0. The lowest BCUT2D eigenvalue weighted by molar-refractivity contribution is 0.401. The Morgan fingerprint density at radius 3 is 2.27 bits per heavy atom. The first kappa shape index (κ1) is 12.0. The van der Waals surface area contributed by atoms with E-state index in [1.165, 1.54) is 5.56 Å². The lowest BCUT2D eigenvalue weighted by Gasteiger charge is -2.21. The number of methoxy groups -OCH3 is 1. The van der Waals surface area contributed by atoms with Crippen LogP contribution in [0.4, 0.5) is 0 Å². The summed E-state index contributed by atoms with van der Waals surface area (Å²) in [5, 5.41) is 0. The van der Waals surface area contributed by atoms with Gasteiger partial charge in [0.2, 0.25) is 0 Å². The topological polar surface area (TPSA) is 61.3 Å². The second kappa shape index (κ2) is 4.64. The molecule has 0 aliphatic rings. The van der Waals surface area contributed by atoms with Crippen molar-refractivity contribution in [2.24, 2.45) is 11.5 Å². The molecule has 0 aliphatic carbocycles. The summed E-state index contributed by atoms with van der Waals surface area (Å²) in [5.74, 6) is 0.831. The molecular formula is C12H20N2O. The maximum Gasteiger partial charge on any atom is 0.124 e. The summed E-state index contributed by atoms with van der Waals surface area (Å²) in [5.41, 5.74) is 15.2. The van der Waals surface area contributed by atoms with Gasteiger partial charge >= 0.3 is 0 Å². The van der Waals surface area contributed by atoms with Crippen LogP contribution in [0.3, 0.4) is 0 Å². The number of aryl methyl sites for hydroxylation is 2. The van der Waals surface area contributed by atoms with Gasteiger partial charge in [-0.2, -0.15) is 0 Å². The van der Waals surface area contributed by atoms with E-state index >= 15 is 0 Å².